The van der Waals surface area contributed by atoms with E-state index in [0.717, 1.165) is 47.7 Å². The van der Waals surface area contributed by atoms with E-state index in [9.17, 15) is 4.79 Å². The zero-order valence-corrected chi connectivity index (χ0v) is 16.5. The number of nitrogens with one attached hydrogen (secondary N) is 1. The molecule has 6 nitrogen and oxygen atoms in total. The van der Waals surface area contributed by atoms with E-state index in [1.165, 1.54) is 6.08 Å². The van der Waals surface area contributed by atoms with Crippen LogP contribution in [0.1, 0.15) is 17.8 Å². The summed E-state index contributed by atoms with van der Waals surface area (Å²) in [5, 5.41) is 2.88. The summed E-state index contributed by atoms with van der Waals surface area (Å²) < 4.78 is 12.8. The Hall–Kier alpha value is -3.54. The van der Waals surface area contributed by atoms with Gasteiger partial charge in [-0.25, -0.2) is 4.98 Å². The van der Waals surface area contributed by atoms with Gasteiger partial charge in [-0.15, -0.1) is 0 Å². The second kappa shape index (κ2) is 8.22. The first-order valence-corrected chi connectivity index (χ1v) is 9.54. The van der Waals surface area contributed by atoms with Crippen molar-refractivity contribution in [2.45, 2.75) is 19.4 Å². The lowest BCUT2D eigenvalue weighted by Gasteiger charge is -2.08. The molecule has 4 rings (SSSR count). The Morgan fingerprint density at radius 3 is 2.66 bits per heavy atom. The van der Waals surface area contributed by atoms with Gasteiger partial charge in [-0.2, -0.15) is 0 Å². The number of aromatic nitrogens is 2. The van der Waals surface area contributed by atoms with Crippen LogP contribution in [0.25, 0.3) is 17.3 Å². The zero-order valence-electron chi connectivity index (χ0n) is 16.5. The largest absolute Gasteiger partial charge is 0.493 e. The number of anilines is 1. The number of fused-ring (bicyclic) bond motifs is 1. The van der Waals surface area contributed by atoms with E-state index in [0.29, 0.717) is 11.5 Å². The molecule has 2 heterocycles. The van der Waals surface area contributed by atoms with Gasteiger partial charge in [0.05, 0.1) is 26.1 Å². The molecule has 0 saturated heterocycles. The van der Waals surface area contributed by atoms with Gasteiger partial charge in [0.15, 0.2) is 11.5 Å². The average molecular weight is 389 g/mol. The standard InChI is InChI=1S/C23H23N3O3/c1-28-20-11-5-16(14-21(20)29-2)6-12-23(27)25-18-9-7-17(8-10-18)19-15-24-22-4-3-13-26(19)22/h5-12,14-15H,3-4,13H2,1-2H3,(H,25,27)/b12-6+. The van der Waals surface area contributed by atoms with E-state index in [1.807, 2.05) is 48.7 Å². The molecular weight excluding hydrogens is 366 g/mol. The molecule has 1 amide bonds. The lowest BCUT2D eigenvalue weighted by molar-refractivity contribution is -0.111. The first kappa shape index (κ1) is 18.8. The first-order chi connectivity index (χ1) is 14.2. The number of imidazole rings is 1. The maximum atomic E-state index is 12.3. The molecule has 0 spiro atoms. The summed E-state index contributed by atoms with van der Waals surface area (Å²) in [6, 6.07) is 13.3. The quantitative estimate of drug-likeness (QED) is 0.643. The molecule has 148 valence electrons. The van der Waals surface area contributed by atoms with Crippen molar-refractivity contribution in [3.05, 3.63) is 66.1 Å². The summed E-state index contributed by atoms with van der Waals surface area (Å²) in [7, 11) is 3.17. The van der Waals surface area contributed by atoms with Gasteiger partial charge in [-0.3, -0.25) is 4.79 Å². The third-order valence-electron chi connectivity index (χ3n) is 5.00. The molecule has 0 bridgehead atoms. The summed E-state index contributed by atoms with van der Waals surface area (Å²) in [6.07, 6.45) is 7.35. The number of ether oxygens (including phenoxy) is 2. The van der Waals surface area contributed by atoms with Crippen molar-refractivity contribution in [2.24, 2.45) is 0 Å². The van der Waals surface area contributed by atoms with E-state index in [1.54, 1.807) is 20.3 Å². The van der Waals surface area contributed by atoms with Crippen LogP contribution in [0.2, 0.25) is 0 Å². The summed E-state index contributed by atoms with van der Waals surface area (Å²) >= 11 is 0. The topological polar surface area (TPSA) is 65.4 Å². The predicted octanol–water partition coefficient (Wildman–Crippen LogP) is 4.17. The maximum absolute atomic E-state index is 12.3. The van der Waals surface area contributed by atoms with Crippen LogP contribution >= 0.6 is 0 Å². The Bertz CT molecular complexity index is 1050. The van der Waals surface area contributed by atoms with E-state index in [-0.39, 0.29) is 5.91 Å². The maximum Gasteiger partial charge on any atom is 0.248 e. The van der Waals surface area contributed by atoms with Crippen molar-refractivity contribution in [1.29, 1.82) is 0 Å². The van der Waals surface area contributed by atoms with Gasteiger partial charge < -0.3 is 19.4 Å². The number of hydrogen-bond acceptors (Lipinski definition) is 4. The molecule has 1 aliphatic rings. The van der Waals surface area contributed by atoms with Gasteiger partial charge in [0, 0.05) is 24.7 Å². The van der Waals surface area contributed by atoms with Crippen molar-refractivity contribution in [3.8, 4) is 22.8 Å². The molecule has 0 atom stereocenters. The van der Waals surface area contributed by atoms with Gasteiger partial charge in [-0.1, -0.05) is 18.2 Å². The zero-order chi connectivity index (χ0) is 20.2. The van der Waals surface area contributed by atoms with Crippen molar-refractivity contribution in [3.63, 3.8) is 0 Å². The molecule has 0 radical (unpaired) electrons. The number of rotatable bonds is 6. The summed E-state index contributed by atoms with van der Waals surface area (Å²) in [5.41, 5.74) is 3.83. The molecule has 0 unspecified atom stereocenters. The van der Waals surface area contributed by atoms with Gasteiger partial charge >= 0.3 is 0 Å². The fourth-order valence-electron chi connectivity index (χ4n) is 3.53. The number of nitrogens with zero attached hydrogens (tertiary/aromatic N) is 2. The van der Waals surface area contributed by atoms with Crippen LogP contribution < -0.4 is 14.8 Å². The van der Waals surface area contributed by atoms with E-state index < -0.39 is 0 Å². The first-order valence-electron chi connectivity index (χ1n) is 9.54. The predicted molar refractivity (Wildman–Crippen MR) is 113 cm³/mol. The van der Waals surface area contributed by atoms with Gasteiger partial charge in [0.25, 0.3) is 0 Å². The highest BCUT2D eigenvalue weighted by Crippen LogP contribution is 2.28. The third-order valence-corrected chi connectivity index (χ3v) is 5.00. The monoisotopic (exact) mass is 389 g/mol. The van der Waals surface area contributed by atoms with E-state index in [4.69, 9.17) is 9.47 Å². The third kappa shape index (κ3) is 4.01. The summed E-state index contributed by atoms with van der Waals surface area (Å²) in [5.74, 6) is 2.23. The average Bonchev–Trinajstić information content (AvgIpc) is 3.37. The molecule has 3 aromatic rings. The Morgan fingerprint density at radius 2 is 1.90 bits per heavy atom. The van der Waals surface area contributed by atoms with Crippen molar-refractivity contribution in [2.75, 3.05) is 19.5 Å². The second-order valence-corrected chi connectivity index (χ2v) is 6.83. The molecule has 1 N–H and O–H groups in total. The molecule has 2 aromatic carbocycles. The van der Waals surface area contributed by atoms with E-state index in [2.05, 4.69) is 14.9 Å². The van der Waals surface area contributed by atoms with Gasteiger partial charge in [-0.05, 0) is 47.9 Å². The van der Waals surface area contributed by atoms with Gasteiger partial charge in [0.1, 0.15) is 5.82 Å². The Kier molecular flexibility index (Phi) is 5.33. The molecule has 0 aliphatic carbocycles. The molecular formula is C23H23N3O3. The van der Waals surface area contributed by atoms with Gasteiger partial charge in [0.2, 0.25) is 5.91 Å². The lowest BCUT2D eigenvalue weighted by atomic mass is 10.1. The van der Waals surface area contributed by atoms with Crippen LogP contribution in [-0.2, 0) is 17.8 Å². The summed E-state index contributed by atoms with van der Waals surface area (Å²) in [4.78, 5) is 16.7. The minimum absolute atomic E-state index is 0.197. The van der Waals surface area contributed by atoms with Crippen LogP contribution in [-0.4, -0.2) is 29.7 Å². The molecule has 0 fully saturated rings. The van der Waals surface area contributed by atoms with Crippen molar-refractivity contribution in [1.82, 2.24) is 9.55 Å². The van der Waals surface area contributed by atoms with Crippen LogP contribution in [0.4, 0.5) is 5.69 Å². The van der Waals surface area contributed by atoms with Crippen LogP contribution in [0.3, 0.4) is 0 Å². The fraction of sp³-hybridized carbons (Fsp3) is 0.217. The number of methoxy groups -OCH3 is 2. The van der Waals surface area contributed by atoms with E-state index >= 15 is 0 Å². The Morgan fingerprint density at radius 1 is 1.10 bits per heavy atom. The van der Waals surface area contributed by atoms with Crippen LogP contribution in [0, 0.1) is 0 Å². The number of aryl methyl sites for hydroxylation is 1. The number of carbonyl (C=O) groups excluding carboxylic acids is 1. The SMILES string of the molecule is COc1ccc(/C=C/C(=O)Nc2ccc(-c3cnc4n3CCC4)cc2)cc1OC. The van der Waals surface area contributed by atoms with Crippen molar-refractivity contribution < 1.29 is 14.3 Å². The second-order valence-electron chi connectivity index (χ2n) is 6.83. The molecule has 1 aromatic heterocycles. The molecule has 1 aliphatic heterocycles. The smallest absolute Gasteiger partial charge is 0.248 e. The number of carbonyl (C=O) groups is 1. The summed E-state index contributed by atoms with van der Waals surface area (Å²) in [6.45, 7) is 1.02. The highest BCUT2D eigenvalue weighted by molar-refractivity contribution is 6.02. The highest BCUT2D eigenvalue weighted by atomic mass is 16.5. The highest BCUT2D eigenvalue weighted by Gasteiger charge is 2.16. The Balaban J connectivity index is 1.41. The minimum atomic E-state index is -0.197. The lowest BCUT2D eigenvalue weighted by Crippen LogP contribution is -2.07. The number of amides is 1. The van der Waals surface area contributed by atoms with Crippen LogP contribution in [0.5, 0.6) is 11.5 Å². The number of hydrogen-bond donors (Lipinski definition) is 1. The molecule has 0 saturated carbocycles. The van der Waals surface area contributed by atoms with Crippen LogP contribution in [0.15, 0.2) is 54.7 Å². The molecule has 6 heteroatoms. The Labute approximate surface area is 169 Å². The fourth-order valence-corrected chi connectivity index (χ4v) is 3.53. The molecule has 29 heavy (non-hydrogen) atoms. The normalized spacial score (nSPS) is 12.8. The van der Waals surface area contributed by atoms with Crippen molar-refractivity contribution >= 4 is 17.7 Å². The number of benzene rings is 2. The minimum Gasteiger partial charge on any atom is -0.493 e.